The summed E-state index contributed by atoms with van der Waals surface area (Å²) in [6.07, 6.45) is 1.75. The fourth-order valence-electron chi connectivity index (χ4n) is 3.11. The number of halogens is 1. The number of aromatic nitrogens is 3. The largest absolute Gasteiger partial charge is 0.497 e. The average molecular weight is 425 g/mol. The summed E-state index contributed by atoms with van der Waals surface area (Å²) in [6, 6.07) is 14.0. The minimum Gasteiger partial charge on any atom is -0.497 e. The first kappa shape index (κ1) is 20.0. The molecule has 4 aromatic rings. The van der Waals surface area contributed by atoms with Gasteiger partial charge in [0.2, 0.25) is 10.9 Å². The van der Waals surface area contributed by atoms with E-state index < -0.39 is 0 Å². The van der Waals surface area contributed by atoms with Gasteiger partial charge in [0, 0.05) is 30.3 Å². The number of nitrogens with one attached hydrogen (secondary N) is 1. The van der Waals surface area contributed by atoms with E-state index in [2.05, 4.69) is 15.4 Å². The normalized spacial score (nSPS) is 11.0. The van der Waals surface area contributed by atoms with Crippen LogP contribution in [0.3, 0.4) is 0 Å². The van der Waals surface area contributed by atoms with E-state index in [-0.39, 0.29) is 11.7 Å². The van der Waals surface area contributed by atoms with Gasteiger partial charge in [-0.2, -0.15) is 4.98 Å². The van der Waals surface area contributed by atoms with Crippen LogP contribution in [-0.2, 0) is 17.6 Å². The SMILES string of the molecule is COc1ccc(CCC(=O)NCCc2csc3nc(-c4cccc(F)c4)nn23)cc1. The topological polar surface area (TPSA) is 68.5 Å². The van der Waals surface area contributed by atoms with Crippen LogP contribution in [0.1, 0.15) is 17.7 Å². The van der Waals surface area contributed by atoms with Crippen molar-refractivity contribution in [3.05, 3.63) is 71.0 Å². The molecule has 2 aromatic heterocycles. The molecule has 0 radical (unpaired) electrons. The van der Waals surface area contributed by atoms with E-state index in [1.165, 1.54) is 23.5 Å². The fourth-order valence-corrected chi connectivity index (χ4v) is 3.97. The zero-order chi connectivity index (χ0) is 20.9. The van der Waals surface area contributed by atoms with E-state index in [1.54, 1.807) is 23.8 Å². The lowest BCUT2D eigenvalue weighted by atomic mass is 10.1. The maximum absolute atomic E-state index is 13.5. The summed E-state index contributed by atoms with van der Waals surface area (Å²) in [4.78, 5) is 17.4. The number of hydrogen-bond donors (Lipinski definition) is 1. The van der Waals surface area contributed by atoms with Crippen molar-refractivity contribution >= 4 is 22.2 Å². The molecule has 0 fully saturated rings. The standard InChI is InChI=1S/C22H21FN4O2S/c1-29-19-8-5-15(6-9-19)7-10-20(28)24-12-11-18-14-30-22-25-21(26-27(18)22)16-3-2-4-17(23)13-16/h2-6,8-9,13-14H,7,10-12H2,1H3,(H,24,28). The molecular weight excluding hydrogens is 403 g/mol. The van der Waals surface area contributed by atoms with Crippen molar-refractivity contribution in [1.82, 2.24) is 19.9 Å². The number of benzene rings is 2. The van der Waals surface area contributed by atoms with E-state index in [0.717, 1.165) is 22.0 Å². The summed E-state index contributed by atoms with van der Waals surface area (Å²) in [6.45, 7) is 0.516. The number of rotatable bonds is 8. The number of ether oxygens (including phenoxy) is 1. The van der Waals surface area contributed by atoms with Gasteiger partial charge in [-0.1, -0.05) is 24.3 Å². The second-order valence-electron chi connectivity index (χ2n) is 6.82. The summed E-state index contributed by atoms with van der Waals surface area (Å²) >= 11 is 1.48. The predicted molar refractivity (Wildman–Crippen MR) is 114 cm³/mol. The average Bonchev–Trinajstić information content (AvgIpc) is 3.34. The van der Waals surface area contributed by atoms with Gasteiger partial charge in [0.15, 0.2) is 5.82 Å². The number of methoxy groups -OCH3 is 1. The second kappa shape index (κ2) is 9.04. The Morgan fingerprint density at radius 3 is 2.80 bits per heavy atom. The van der Waals surface area contributed by atoms with Crippen LogP contribution in [-0.4, -0.2) is 34.2 Å². The highest BCUT2D eigenvalue weighted by Crippen LogP contribution is 2.21. The molecule has 1 amide bonds. The smallest absolute Gasteiger partial charge is 0.220 e. The van der Waals surface area contributed by atoms with Crippen LogP contribution in [0.4, 0.5) is 4.39 Å². The molecule has 154 valence electrons. The third-order valence-electron chi connectivity index (χ3n) is 4.74. The Labute approximate surface area is 177 Å². The minimum absolute atomic E-state index is 0.0105. The van der Waals surface area contributed by atoms with E-state index in [9.17, 15) is 9.18 Å². The molecule has 0 unspecified atom stereocenters. The molecule has 1 N–H and O–H groups in total. The molecule has 0 bridgehead atoms. The Bertz CT molecular complexity index is 1150. The summed E-state index contributed by atoms with van der Waals surface area (Å²) in [5.41, 5.74) is 2.70. The molecule has 0 aliphatic heterocycles. The Kier molecular flexibility index (Phi) is 6.04. The number of amides is 1. The summed E-state index contributed by atoms with van der Waals surface area (Å²) < 4.78 is 20.4. The number of thiazole rings is 1. The van der Waals surface area contributed by atoms with Crippen LogP contribution < -0.4 is 10.1 Å². The van der Waals surface area contributed by atoms with Gasteiger partial charge in [0.25, 0.3) is 0 Å². The Morgan fingerprint density at radius 1 is 1.20 bits per heavy atom. The zero-order valence-corrected chi connectivity index (χ0v) is 17.3. The van der Waals surface area contributed by atoms with Crippen LogP contribution in [0.2, 0.25) is 0 Å². The Balaban J connectivity index is 1.30. The van der Waals surface area contributed by atoms with Gasteiger partial charge >= 0.3 is 0 Å². The highest BCUT2D eigenvalue weighted by Gasteiger charge is 2.12. The number of fused-ring (bicyclic) bond motifs is 1. The molecule has 2 aromatic carbocycles. The molecule has 0 saturated heterocycles. The van der Waals surface area contributed by atoms with Gasteiger partial charge in [-0.15, -0.1) is 16.4 Å². The van der Waals surface area contributed by atoms with Crippen molar-refractivity contribution < 1.29 is 13.9 Å². The van der Waals surface area contributed by atoms with Crippen LogP contribution in [0.25, 0.3) is 16.3 Å². The van der Waals surface area contributed by atoms with Gasteiger partial charge < -0.3 is 10.1 Å². The van der Waals surface area contributed by atoms with Crippen molar-refractivity contribution in [2.75, 3.05) is 13.7 Å². The van der Waals surface area contributed by atoms with Gasteiger partial charge in [0.1, 0.15) is 11.6 Å². The van der Waals surface area contributed by atoms with E-state index in [1.807, 2.05) is 29.6 Å². The van der Waals surface area contributed by atoms with Gasteiger partial charge in [-0.05, 0) is 36.2 Å². The molecule has 4 rings (SSSR count). The number of nitrogens with zero attached hydrogens (tertiary/aromatic N) is 3. The molecule has 6 nitrogen and oxygen atoms in total. The van der Waals surface area contributed by atoms with Crippen molar-refractivity contribution in [2.45, 2.75) is 19.3 Å². The lowest BCUT2D eigenvalue weighted by molar-refractivity contribution is -0.121. The maximum atomic E-state index is 13.5. The van der Waals surface area contributed by atoms with E-state index in [0.29, 0.717) is 37.2 Å². The molecule has 0 aliphatic carbocycles. The fraction of sp³-hybridized carbons (Fsp3) is 0.227. The molecule has 30 heavy (non-hydrogen) atoms. The summed E-state index contributed by atoms with van der Waals surface area (Å²) in [5, 5.41) is 9.43. The van der Waals surface area contributed by atoms with Crippen molar-refractivity contribution in [3.8, 4) is 17.1 Å². The first-order valence-corrected chi connectivity index (χ1v) is 10.5. The number of carbonyl (C=O) groups is 1. The maximum Gasteiger partial charge on any atom is 0.220 e. The molecule has 8 heteroatoms. The third kappa shape index (κ3) is 4.65. The predicted octanol–water partition coefficient (Wildman–Crippen LogP) is 3.90. The van der Waals surface area contributed by atoms with Crippen molar-refractivity contribution in [1.29, 1.82) is 0 Å². The number of hydrogen-bond acceptors (Lipinski definition) is 5. The minimum atomic E-state index is -0.316. The summed E-state index contributed by atoms with van der Waals surface area (Å²) in [5.74, 6) is 0.990. The molecule has 0 atom stereocenters. The van der Waals surface area contributed by atoms with Crippen LogP contribution in [0, 0.1) is 5.82 Å². The van der Waals surface area contributed by atoms with Crippen LogP contribution in [0.15, 0.2) is 53.9 Å². The quantitative estimate of drug-likeness (QED) is 0.466. The van der Waals surface area contributed by atoms with E-state index >= 15 is 0 Å². The first-order valence-electron chi connectivity index (χ1n) is 9.61. The molecule has 0 saturated carbocycles. The number of aryl methyl sites for hydroxylation is 1. The number of carbonyl (C=O) groups excluding carboxylic acids is 1. The first-order chi connectivity index (χ1) is 14.6. The van der Waals surface area contributed by atoms with Gasteiger partial charge in [-0.25, -0.2) is 8.91 Å². The van der Waals surface area contributed by atoms with Crippen molar-refractivity contribution in [2.24, 2.45) is 0 Å². The summed E-state index contributed by atoms with van der Waals surface area (Å²) in [7, 11) is 1.63. The second-order valence-corrected chi connectivity index (χ2v) is 7.65. The third-order valence-corrected chi connectivity index (χ3v) is 5.60. The van der Waals surface area contributed by atoms with Crippen LogP contribution in [0.5, 0.6) is 5.75 Å². The Hall–Kier alpha value is -3.26. The monoisotopic (exact) mass is 424 g/mol. The van der Waals surface area contributed by atoms with Gasteiger partial charge in [-0.3, -0.25) is 4.79 Å². The van der Waals surface area contributed by atoms with Crippen LogP contribution >= 0.6 is 11.3 Å². The lowest BCUT2D eigenvalue weighted by Crippen LogP contribution is -2.26. The molecule has 2 heterocycles. The highest BCUT2D eigenvalue weighted by molar-refractivity contribution is 7.15. The van der Waals surface area contributed by atoms with E-state index in [4.69, 9.17) is 4.74 Å². The van der Waals surface area contributed by atoms with Gasteiger partial charge in [0.05, 0.1) is 12.8 Å². The zero-order valence-electron chi connectivity index (χ0n) is 16.5. The molecular formula is C22H21FN4O2S. The molecule has 0 aliphatic rings. The lowest BCUT2D eigenvalue weighted by Gasteiger charge is -2.06. The highest BCUT2D eigenvalue weighted by atomic mass is 32.1. The van der Waals surface area contributed by atoms with Crippen molar-refractivity contribution in [3.63, 3.8) is 0 Å². The Morgan fingerprint density at radius 2 is 2.03 bits per heavy atom. The molecule has 0 spiro atoms.